The Labute approximate surface area is 141 Å². The maximum Gasteiger partial charge on any atom is 0.255 e. The summed E-state index contributed by atoms with van der Waals surface area (Å²) in [4.78, 5) is 14.4. The van der Waals surface area contributed by atoms with Crippen LogP contribution in [0.1, 0.15) is 15.9 Å². The first kappa shape index (κ1) is 16.0. The third-order valence-electron chi connectivity index (χ3n) is 3.10. The third kappa shape index (κ3) is 4.08. The van der Waals surface area contributed by atoms with Crippen LogP contribution in [0.4, 0.5) is 11.4 Å². The van der Waals surface area contributed by atoms with Gasteiger partial charge in [0.1, 0.15) is 0 Å². The first-order valence-corrected chi connectivity index (χ1v) is 8.01. The normalized spacial score (nSPS) is 10.3. The predicted octanol–water partition coefficient (Wildman–Crippen LogP) is 4.84. The van der Waals surface area contributed by atoms with E-state index >= 15 is 0 Å². The average Bonchev–Trinajstić information content (AvgIpc) is 2.39. The molecule has 0 bridgehead atoms. The highest BCUT2D eigenvalue weighted by molar-refractivity contribution is 9.11. The lowest BCUT2D eigenvalue weighted by molar-refractivity contribution is 0.102. The molecule has 0 saturated heterocycles. The molecule has 0 aromatic heterocycles. The van der Waals surface area contributed by atoms with Crippen molar-refractivity contribution in [3.8, 4) is 0 Å². The topological polar surface area (TPSA) is 32.3 Å². The van der Waals surface area contributed by atoms with Crippen LogP contribution in [0.15, 0.2) is 45.3 Å². The highest BCUT2D eigenvalue weighted by Gasteiger charge is 2.10. The number of benzene rings is 2. The predicted molar refractivity (Wildman–Crippen MR) is 95.3 cm³/mol. The summed E-state index contributed by atoms with van der Waals surface area (Å²) in [7, 11) is 3.98. The van der Waals surface area contributed by atoms with Crippen molar-refractivity contribution in [2.45, 2.75) is 6.92 Å². The van der Waals surface area contributed by atoms with Crippen LogP contribution in [0.25, 0.3) is 0 Å². The standard InChI is InChI=1S/C16H16Br2N2O/c1-10-6-14(20(2)3)4-5-15(10)19-16(21)11-7-12(17)9-13(18)8-11/h4-9H,1-3H3,(H,19,21). The third-order valence-corrected chi connectivity index (χ3v) is 4.02. The number of carbonyl (C=O) groups is 1. The molecule has 0 atom stereocenters. The molecule has 0 radical (unpaired) electrons. The minimum Gasteiger partial charge on any atom is -0.378 e. The van der Waals surface area contributed by atoms with Crippen LogP contribution >= 0.6 is 31.9 Å². The number of rotatable bonds is 3. The quantitative estimate of drug-likeness (QED) is 0.783. The molecule has 21 heavy (non-hydrogen) atoms. The molecular weight excluding hydrogens is 396 g/mol. The van der Waals surface area contributed by atoms with Gasteiger partial charge in [0, 0.05) is 40.0 Å². The first-order valence-electron chi connectivity index (χ1n) is 6.42. The van der Waals surface area contributed by atoms with Gasteiger partial charge in [0.05, 0.1) is 0 Å². The number of nitrogens with one attached hydrogen (secondary N) is 1. The van der Waals surface area contributed by atoms with E-state index in [-0.39, 0.29) is 5.91 Å². The Bertz CT molecular complexity index is 664. The van der Waals surface area contributed by atoms with Crippen molar-refractivity contribution in [1.29, 1.82) is 0 Å². The van der Waals surface area contributed by atoms with E-state index in [9.17, 15) is 4.79 Å². The maximum absolute atomic E-state index is 12.3. The molecule has 3 nitrogen and oxygen atoms in total. The van der Waals surface area contributed by atoms with Gasteiger partial charge in [-0.1, -0.05) is 31.9 Å². The zero-order valence-electron chi connectivity index (χ0n) is 12.1. The van der Waals surface area contributed by atoms with Gasteiger partial charge < -0.3 is 10.2 Å². The lowest BCUT2D eigenvalue weighted by Crippen LogP contribution is -2.14. The van der Waals surface area contributed by atoms with Gasteiger partial charge in [-0.15, -0.1) is 0 Å². The Morgan fingerprint density at radius 1 is 1.05 bits per heavy atom. The van der Waals surface area contributed by atoms with Gasteiger partial charge in [-0.05, 0) is 48.9 Å². The number of hydrogen-bond acceptors (Lipinski definition) is 2. The molecular formula is C16H16Br2N2O. The number of halogens is 2. The number of carbonyl (C=O) groups excluding carboxylic acids is 1. The fraction of sp³-hybridized carbons (Fsp3) is 0.188. The van der Waals surface area contributed by atoms with Crippen molar-refractivity contribution in [3.63, 3.8) is 0 Å². The molecule has 0 aliphatic heterocycles. The van der Waals surface area contributed by atoms with E-state index in [1.807, 2.05) is 50.2 Å². The van der Waals surface area contributed by atoms with Gasteiger partial charge in [0.2, 0.25) is 0 Å². The molecule has 2 aromatic carbocycles. The van der Waals surface area contributed by atoms with Crippen LogP contribution in [-0.2, 0) is 0 Å². The molecule has 2 rings (SSSR count). The second kappa shape index (κ2) is 6.62. The Morgan fingerprint density at radius 2 is 1.67 bits per heavy atom. The summed E-state index contributed by atoms with van der Waals surface area (Å²) in [6, 6.07) is 11.4. The van der Waals surface area contributed by atoms with Crippen molar-refractivity contribution < 1.29 is 4.79 Å². The number of nitrogens with zero attached hydrogens (tertiary/aromatic N) is 1. The van der Waals surface area contributed by atoms with Gasteiger partial charge in [-0.25, -0.2) is 0 Å². The monoisotopic (exact) mass is 410 g/mol. The van der Waals surface area contributed by atoms with Crippen LogP contribution < -0.4 is 10.2 Å². The molecule has 0 aliphatic rings. The van der Waals surface area contributed by atoms with Crippen LogP contribution in [0.3, 0.4) is 0 Å². The van der Waals surface area contributed by atoms with Gasteiger partial charge in [-0.3, -0.25) is 4.79 Å². The van der Waals surface area contributed by atoms with E-state index < -0.39 is 0 Å². The molecule has 0 aliphatic carbocycles. The molecule has 0 saturated carbocycles. The SMILES string of the molecule is Cc1cc(N(C)C)ccc1NC(=O)c1cc(Br)cc(Br)c1. The minimum absolute atomic E-state index is 0.127. The molecule has 5 heteroatoms. The van der Waals surface area contributed by atoms with Gasteiger partial charge >= 0.3 is 0 Å². The Balaban J connectivity index is 2.23. The van der Waals surface area contributed by atoms with Crippen LogP contribution in [-0.4, -0.2) is 20.0 Å². The highest BCUT2D eigenvalue weighted by Crippen LogP contribution is 2.24. The summed E-state index contributed by atoms with van der Waals surface area (Å²) in [6.07, 6.45) is 0. The summed E-state index contributed by atoms with van der Waals surface area (Å²) in [5, 5.41) is 2.95. The van der Waals surface area contributed by atoms with Crippen molar-refractivity contribution >= 4 is 49.1 Å². The molecule has 0 fully saturated rings. The van der Waals surface area contributed by atoms with E-state index in [4.69, 9.17) is 0 Å². The van der Waals surface area contributed by atoms with E-state index in [2.05, 4.69) is 37.2 Å². The number of anilines is 2. The van der Waals surface area contributed by atoms with Crippen LogP contribution in [0, 0.1) is 6.92 Å². The molecule has 1 N–H and O–H groups in total. The molecule has 110 valence electrons. The summed E-state index contributed by atoms with van der Waals surface area (Å²) in [5.41, 5.74) is 3.56. The molecule has 0 heterocycles. The van der Waals surface area contributed by atoms with E-state index in [1.54, 1.807) is 12.1 Å². The van der Waals surface area contributed by atoms with E-state index in [0.717, 1.165) is 25.9 Å². The van der Waals surface area contributed by atoms with E-state index in [1.165, 1.54) is 0 Å². The molecule has 2 aromatic rings. The lowest BCUT2D eigenvalue weighted by atomic mass is 10.1. The van der Waals surface area contributed by atoms with Crippen molar-refractivity contribution in [2.24, 2.45) is 0 Å². The first-order chi connectivity index (χ1) is 9.86. The molecule has 1 amide bonds. The largest absolute Gasteiger partial charge is 0.378 e. The van der Waals surface area contributed by atoms with Crippen molar-refractivity contribution in [1.82, 2.24) is 0 Å². The van der Waals surface area contributed by atoms with Crippen LogP contribution in [0.2, 0.25) is 0 Å². The highest BCUT2D eigenvalue weighted by atomic mass is 79.9. The second-order valence-electron chi connectivity index (χ2n) is 5.01. The molecule has 0 spiro atoms. The summed E-state index contributed by atoms with van der Waals surface area (Å²) in [5.74, 6) is -0.127. The number of aryl methyl sites for hydroxylation is 1. The number of hydrogen-bond donors (Lipinski definition) is 1. The fourth-order valence-corrected chi connectivity index (χ4v) is 3.24. The Hall–Kier alpha value is -1.33. The van der Waals surface area contributed by atoms with E-state index in [0.29, 0.717) is 5.56 Å². The van der Waals surface area contributed by atoms with Crippen LogP contribution in [0.5, 0.6) is 0 Å². The smallest absolute Gasteiger partial charge is 0.255 e. The van der Waals surface area contributed by atoms with Gasteiger partial charge in [-0.2, -0.15) is 0 Å². The maximum atomic E-state index is 12.3. The van der Waals surface area contributed by atoms with Crippen molar-refractivity contribution in [2.75, 3.05) is 24.3 Å². The average molecular weight is 412 g/mol. The Kier molecular flexibility index (Phi) is 5.06. The summed E-state index contributed by atoms with van der Waals surface area (Å²) >= 11 is 6.78. The fourth-order valence-electron chi connectivity index (χ4n) is 1.95. The Morgan fingerprint density at radius 3 is 2.19 bits per heavy atom. The van der Waals surface area contributed by atoms with Gasteiger partial charge in [0.25, 0.3) is 5.91 Å². The lowest BCUT2D eigenvalue weighted by Gasteiger charge is -2.15. The molecule has 0 unspecified atom stereocenters. The zero-order valence-corrected chi connectivity index (χ0v) is 15.2. The zero-order chi connectivity index (χ0) is 15.6. The summed E-state index contributed by atoms with van der Waals surface area (Å²) in [6.45, 7) is 1.99. The van der Waals surface area contributed by atoms with Gasteiger partial charge in [0.15, 0.2) is 0 Å². The minimum atomic E-state index is -0.127. The number of amides is 1. The summed E-state index contributed by atoms with van der Waals surface area (Å²) < 4.78 is 1.73. The second-order valence-corrected chi connectivity index (χ2v) is 6.84. The van der Waals surface area contributed by atoms with Crippen molar-refractivity contribution in [3.05, 3.63) is 56.5 Å².